The van der Waals surface area contributed by atoms with E-state index < -0.39 is 16.7 Å². The third kappa shape index (κ3) is 5.77. The van der Waals surface area contributed by atoms with Gasteiger partial charge in [-0.2, -0.15) is 13.2 Å². The van der Waals surface area contributed by atoms with Gasteiger partial charge in [-0.3, -0.25) is 14.9 Å². The molecule has 2 bridgehead atoms. The van der Waals surface area contributed by atoms with Crippen molar-refractivity contribution in [3.8, 4) is 5.75 Å². The van der Waals surface area contributed by atoms with Crippen molar-refractivity contribution in [3.05, 3.63) is 93.7 Å². The Morgan fingerprint density at radius 1 is 1.08 bits per heavy atom. The average Bonchev–Trinajstić information content (AvgIpc) is 3.17. The van der Waals surface area contributed by atoms with Crippen molar-refractivity contribution in [1.82, 2.24) is 9.88 Å². The SMILES string of the molecule is O=C(c1ccc(CSc2ccc([N+](=O)[O-])cn2)cc1)N1C2CCC1CC(Oc1cccc(C(F)(F)F)c1)C2. The highest BCUT2D eigenvalue weighted by Crippen LogP contribution is 2.39. The number of hydrogen-bond acceptors (Lipinski definition) is 6. The molecule has 11 heteroatoms. The zero-order valence-corrected chi connectivity index (χ0v) is 21.0. The molecule has 1 aromatic heterocycles. The maximum absolute atomic E-state index is 13.3. The lowest BCUT2D eigenvalue weighted by molar-refractivity contribution is -0.385. The Morgan fingerprint density at radius 3 is 2.39 bits per heavy atom. The van der Waals surface area contributed by atoms with Gasteiger partial charge in [-0.05, 0) is 54.8 Å². The van der Waals surface area contributed by atoms with Crippen LogP contribution in [-0.2, 0) is 11.9 Å². The van der Waals surface area contributed by atoms with Gasteiger partial charge in [0.25, 0.3) is 11.6 Å². The Hall–Kier alpha value is -3.60. The van der Waals surface area contributed by atoms with Gasteiger partial charge in [-0.15, -0.1) is 11.8 Å². The first kappa shape index (κ1) is 26.0. The number of hydrogen-bond donors (Lipinski definition) is 0. The van der Waals surface area contributed by atoms with Crippen LogP contribution in [0.1, 0.15) is 47.2 Å². The molecule has 2 saturated heterocycles. The first-order valence-electron chi connectivity index (χ1n) is 12.2. The zero-order chi connectivity index (χ0) is 26.9. The molecule has 38 heavy (non-hydrogen) atoms. The Bertz CT molecular complexity index is 1300. The molecule has 2 aliphatic heterocycles. The molecule has 0 aliphatic carbocycles. The zero-order valence-electron chi connectivity index (χ0n) is 20.1. The van der Waals surface area contributed by atoms with Gasteiger partial charge in [0.1, 0.15) is 18.1 Å². The van der Waals surface area contributed by atoms with Crippen molar-refractivity contribution in [2.45, 2.75) is 60.8 Å². The number of piperidine rings is 1. The number of rotatable bonds is 7. The van der Waals surface area contributed by atoms with Gasteiger partial charge >= 0.3 is 6.18 Å². The minimum atomic E-state index is -4.43. The third-order valence-corrected chi connectivity index (χ3v) is 7.92. The van der Waals surface area contributed by atoms with Crippen molar-refractivity contribution < 1.29 is 27.6 Å². The van der Waals surface area contributed by atoms with Gasteiger partial charge in [0.15, 0.2) is 0 Å². The molecule has 0 saturated carbocycles. The van der Waals surface area contributed by atoms with Gasteiger partial charge in [-0.25, -0.2) is 4.98 Å². The van der Waals surface area contributed by atoms with E-state index in [-0.39, 0.29) is 35.5 Å². The largest absolute Gasteiger partial charge is 0.490 e. The van der Waals surface area contributed by atoms with E-state index in [0.717, 1.165) is 30.5 Å². The summed E-state index contributed by atoms with van der Waals surface area (Å²) in [5.41, 5.74) is 0.776. The maximum atomic E-state index is 13.3. The number of carbonyl (C=O) groups is 1. The molecule has 0 spiro atoms. The Morgan fingerprint density at radius 2 is 1.79 bits per heavy atom. The number of carbonyl (C=O) groups excluding carboxylic acids is 1. The fraction of sp³-hybridized carbons (Fsp3) is 0.333. The predicted octanol–water partition coefficient (Wildman–Crippen LogP) is 6.52. The molecule has 198 valence electrons. The summed E-state index contributed by atoms with van der Waals surface area (Å²) in [4.78, 5) is 29.6. The van der Waals surface area contributed by atoms with Crippen LogP contribution >= 0.6 is 11.8 Å². The molecule has 5 rings (SSSR count). The minimum Gasteiger partial charge on any atom is -0.490 e. The molecule has 2 fully saturated rings. The van der Waals surface area contributed by atoms with E-state index in [1.807, 2.05) is 17.0 Å². The second-order valence-electron chi connectivity index (χ2n) is 9.43. The summed E-state index contributed by atoms with van der Waals surface area (Å²) in [6.07, 6.45) is -0.597. The van der Waals surface area contributed by atoms with Crippen molar-refractivity contribution in [1.29, 1.82) is 0 Å². The number of ether oxygens (including phenoxy) is 1. The fourth-order valence-corrected chi connectivity index (χ4v) is 5.91. The van der Waals surface area contributed by atoms with Crippen LogP contribution < -0.4 is 4.74 Å². The number of aromatic nitrogens is 1. The van der Waals surface area contributed by atoms with Gasteiger partial charge in [-0.1, -0.05) is 18.2 Å². The fourth-order valence-electron chi connectivity index (χ4n) is 5.11. The first-order chi connectivity index (χ1) is 18.2. The second kappa shape index (κ2) is 10.6. The number of nitrogens with zero attached hydrogens (tertiary/aromatic N) is 3. The third-order valence-electron chi connectivity index (χ3n) is 6.91. The van der Waals surface area contributed by atoms with E-state index in [1.165, 1.54) is 36.2 Å². The topological polar surface area (TPSA) is 85.6 Å². The highest BCUT2D eigenvalue weighted by atomic mass is 32.2. The molecule has 0 N–H and O–H groups in total. The number of halogens is 3. The monoisotopic (exact) mass is 543 g/mol. The molecule has 3 heterocycles. The minimum absolute atomic E-state index is 0.0134. The van der Waals surface area contributed by atoms with E-state index in [4.69, 9.17) is 4.74 Å². The summed E-state index contributed by atoms with van der Waals surface area (Å²) in [7, 11) is 0. The van der Waals surface area contributed by atoms with E-state index in [1.54, 1.807) is 18.2 Å². The van der Waals surface area contributed by atoms with Crippen LogP contribution in [0.15, 0.2) is 71.9 Å². The first-order valence-corrected chi connectivity index (χ1v) is 13.1. The molecular formula is C27H24F3N3O4S. The number of nitro groups is 1. The molecule has 2 unspecified atom stereocenters. The molecule has 1 amide bonds. The number of amides is 1. The van der Waals surface area contributed by atoms with Gasteiger partial charge in [0, 0.05) is 42.3 Å². The van der Waals surface area contributed by atoms with E-state index >= 15 is 0 Å². The van der Waals surface area contributed by atoms with Crippen LogP contribution in [0.2, 0.25) is 0 Å². The summed E-state index contributed by atoms with van der Waals surface area (Å²) >= 11 is 1.44. The lowest BCUT2D eigenvalue weighted by Gasteiger charge is -2.39. The Kier molecular flexibility index (Phi) is 7.29. The Balaban J connectivity index is 1.18. The molecule has 2 atom stereocenters. The summed E-state index contributed by atoms with van der Waals surface area (Å²) in [5, 5.41) is 11.4. The van der Waals surface area contributed by atoms with Crippen molar-refractivity contribution in [2.75, 3.05) is 0 Å². The number of alkyl halides is 3. The molecule has 2 aliphatic rings. The highest BCUT2D eigenvalue weighted by molar-refractivity contribution is 7.98. The van der Waals surface area contributed by atoms with Crippen LogP contribution in [0.4, 0.5) is 18.9 Å². The van der Waals surface area contributed by atoms with Crippen molar-refractivity contribution >= 4 is 23.4 Å². The maximum Gasteiger partial charge on any atom is 0.416 e. The van der Waals surface area contributed by atoms with Crippen LogP contribution in [0.5, 0.6) is 5.75 Å². The van der Waals surface area contributed by atoms with Crippen molar-refractivity contribution in [3.63, 3.8) is 0 Å². The number of fused-ring (bicyclic) bond motifs is 2. The van der Waals surface area contributed by atoms with Crippen LogP contribution in [0.25, 0.3) is 0 Å². The van der Waals surface area contributed by atoms with Gasteiger partial charge in [0.05, 0.1) is 15.5 Å². The van der Waals surface area contributed by atoms with Crippen molar-refractivity contribution in [2.24, 2.45) is 0 Å². The molecule has 0 radical (unpaired) electrons. The van der Waals surface area contributed by atoms with E-state index in [2.05, 4.69) is 4.98 Å². The quantitative estimate of drug-likeness (QED) is 0.192. The van der Waals surface area contributed by atoms with Crippen LogP contribution in [0.3, 0.4) is 0 Å². The molecule has 7 nitrogen and oxygen atoms in total. The highest BCUT2D eigenvalue weighted by Gasteiger charge is 2.44. The Labute approximate surface area is 221 Å². The summed E-state index contributed by atoms with van der Waals surface area (Å²) < 4.78 is 45.0. The number of thioether (sulfide) groups is 1. The van der Waals surface area contributed by atoms with Gasteiger partial charge < -0.3 is 9.64 Å². The van der Waals surface area contributed by atoms with Gasteiger partial charge in [0.2, 0.25) is 0 Å². The van der Waals surface area contributed by atoms with Crippen LogP contribution in [-0.4, -0.2) is 38.9 Å². The lowest BCUT2D eigenvalue weighted by atomic mass is 9.98. The number of pyridine rings is 1. The summed E-state index contributed by atoms with van der Waals surface area (Å²) in [6, 6.07) is 15.3. The molecular weight excluding hydrogens is 519 g/mol. The van der Waals surface area contributed by atoms with E-state index in [9.17, 15) is 28.1 Å². The standard InChI is InChI=1S/C27H24F3N3O4S/c28-27(29,30)19-2-1-3-23(12-19)37-24-13-20-8-9-21(14-24)32(20)26(34)18-6-4-17(5-7-18)16-38-25-11-10-22(15-31-25)33(35)36/h1-7,10-12,15,20-21,24H,8-9,13-14,16H2. The molecule has 2 aromatic carbocycles. The number of benzene rings is 2. The lowest BCUT2D eigenvalue weighted by Crippen LogP contribution is -2.49. The normalized spacial score (nSPS) is 20.8. The van der Waals surface area contributed by atoms with Crippen LogP contribution in [0, 0.1) is 10.1 Å². The second-order valence-corrected chi connectivity index (χ2v) is 10.4. The molecule has 3 aromatic rings. The average molecular weight is 544 g/mol. The summed E-state index contributed by atoms with van der Waals surface area (Å²) in [6.45, 7) is 0. The summed E-state index contributed by atoms with van der Waals surface area (Å²) in [5.74, 6) is 0.746. The smallest absolute Gasteiger partial charge is 0.416 e. The predicted molar refractivity (Wildman–Crippen MR) is 135 cm³/mol. The van der Waals surface area contributed by atoms with E-state index in [0.29, 0.717) is 29.2 Å².